The largest absolute Gasteiger partial charge is 0.300 e. The van der Waals surface area contributed by atoms with Crippen LogP contribution in [0.3, 0.4) is 0 Å². The van der Waals surface area contributed by atoms with Crippen molar-refractivity contribution >= 4 is 21.8 Å². The van der Waals surface area contributed by atoms with Crippen molar-refractivity contribution in [2.45, 2.75) is 39.8 Å². The summed E-state index contributed by atoms with van der Waals surface area (Å²) in [4.78, 5) is 2.51. The van der Waals surface area contributed by atoms with Gasteiger partial charge in [-0.05, 0) is 18.5 Å². The summed E-state index contributed by atoms with van der Waals surface area (Å²) in [5, 5.41) is 0.234. The molecule has 0 saturated heterocycles. The SMILES string of the molecule is CCN(CC)C([SiH3])(CCl)C(C)(C)C. The smallest absolute Gasteiger partial charge is 0.0375 e. The Kier molecular flexibility index (Phi) is 4.98. The number of halogens is 1. The van der Waals surface area contributed by atoms with Gasteiger partial charge in [-0.1, -0.05) is 34.6 Å². The van der Waals surface area contributed by atoms with Gasteiger partial charge in [-0.3, -0.25) is 0 Å². The highest BCUT2D eigenvalue weighted by atomic mass is 35.5. The van der Waals surface area contributed by atoms with E-state index in [2.05, 4.69) is 39.5 Å². The summed E-state index contributed by atoms with van der Waals surface area (Å²) in [5.74, 6) is 0.754. The van der Waals surface area contributed by atoms with Gasteiger partial charge in [0.15, 0.2) is 0 Å². The third-order valence-corrected chi connectivity index (χ3v) is 6.79. The molecule has 0 fully saturated rings. The minimum atomic E-state index is 0.234. The zero-order valence-electron chi connectivity index (χ0n) is 9.95. The predicted octanol–water partition coefficient (Wildman–Crippen LogP) is 1.67. The molecule has 1 unspecified atom stereocenters. The van der Waals surface area contributed by atoms with Crippen LogP contribution in [0.15, 0.2) is 0 Å². The average molecular weight is 222 g/mol. The van der Waals surface area contributed by atoms with Gasteiger partial charge >= 0.3 is 0 Å². The van der Waals surface area contributed by atoms with Crippen LogP contribution in [0.2, 0.25) is 0 Å². The first-order valence-electron chi connectivity index (χ1n) is 5.14. The van der Waals surface area contributed by atoms with Gasteiger partial charge in [0.2, 0.25) is 0 Å². The Bertz CT molecular complexity index is 151. The van der Waals surface area contributed by atoms with Crippen LogP contribution < -0.4 is 0 Å². The summed E-state index contributed by atoms with van der Waals surface area (Å²) in [6, 6.07) is 0. The van der Waals surface area contributed by atoms with Crippen molar-refractivity contribution < 1.29 is 0 Å². The molecule has 0 aliphatic rings. The summed E-state index contributed by atoms with van der Waals surface area (Å²) in [5.41, 5.74) is 0.285. The van der Waals surface area contributed by atoms with E-state index in [0.29, 0.717) is 0 Å². The third kappa shape index (κ3) is 2.71. The average Bonchev–Trinajstić information content (AvgIpc) is 2.04. The second kappa shape index (κ2) is 4.81. The molecule has 0 N–H and O–H groups in total. The summed E-state index contributed by atoms with van der Waals surface area (Å²) in [6.07, 6.45) is 0. The van der Waals surface area contributed by atoms with Crippen molar-refractivity contribution in [1.82, 2.24) is 4.90 Å². The van der Waals surface area contributed by atoms with E-state index >= 15 is 0 Å². The summed E-state index contributed by atoms with van der Waals surface area (Å²) in [7, 11) is 1.12. The highest BCUT2D eigenvalue weighted by Crippen LogP contribution is 2.33. The second-order valence-corrected chi connectivity index (χ2v) is 6.75. The molecule has 0 rings (SSSR count). The normalized spacial score (nSPS) is 17.8. The minimum Gasteiger partial charge on any atom is -0.300 e. The Labute approximate surface area is 91.3 Å². The van der Waals surface area contributed by atoms with Crippen LogP contribution in [0, 0.1) is 5.41 Å². The third-order valence-electron chi connectivity index (χ3n) is 3.34. The highest BCUT2D eigenvalue weighted by molar-refractivity contribution is 6.26. The van der Waals surface area contributed by atoms with Crippen LogP contribution in [0.1, 0.15) is 34.6 Å². The zero-order chi connectivity index (χ0) is 10.7. The fourth-order valence-electron chi connectivity index (χ4n) is 1.68. The Balaban J connectivity index is 4.80. The van der Waals surface area contributed by atoms with Crippen molar-refractivity contribution in [3.63, 3.8) is 0 Å². The lowest BCUT2D eigenvalue weighted by Crippen LogP contribution is -2.59. The Morgan fingerprint density at radius 2 is 1.54 bits per heavy atom. The lowest BCUT2D eigenvalue weighted by Gasteiger charge is -2.48. The van der Waals surface area contributed by atoms with E-state index in [-0.39, 0.29) is 10.6 Å². The van der Waals surface area contributed by atoms with Crippen molar-refractivity contribution in [3.8, 4) is 0 Å². The number of nitrogens with zero attached hydrogens (tertiary/aromatic N) is 1. The van der Waals surface area contributed by atoms with E-state index in [9.17, 15) is 0 Å². The van der Waals surface area contributed by atoms with E-state index in [1.807, 2.05) is 0 Å². The van der Waals surface area contributed by atoms with Crippen LogP contribution in [0.5, 0.6) is 0 Å². The van der Waals surface area contributed by atoms with Crippen molar-refractivity contribution in [3.05, 3.63) is 0 Å². The molecule has 0 aliphatic carbocycles. The fraction of sp³-hybridized carbons (Fsp3) is 1.00. The van der Waals surface area contributed by atoms with Gasteiger partial charge < -0.3 is 4.90 Å². The number of hydrogen-bond acceptors (Lipinski definition) is 1. The molecule has 0 bridgehead atoms. The van der Waals surface area contributed by atoms with Gasteiger partial charge in [0.1, 0.15) is 0 Å². The van der Waals surface area contributed by atoms with E-state index in [1.165, 1.54) is 0 Å². The molecule has 0 aromatic carbocycles. The van der Waals surface area contributed by atoms with Gasteiger partial charge in [-0.2, -0.15) is 0 Å². The van der Waals surface area contributed by atoms with Gasteiger partial charge in [0.25, 0.3) is 0 Å². The van der Waals surface area contributed by atoms with Gasteiger partial charge in [0.05, 0.1) is 0 Å². The molecule has 1 atom stereocenters. The quantitative estimate of drug-likeness (QED) is 0.516. The van der Waals surface area contributed by atoms with Crippen LogP contribution in [0.25, 0.3) is 0 Å². The number of alkyl halides is 1. The first-order chi connectivity index (χ1) is 5.83. The maximum absolute atomic E-state index is 6.14. The van der Waals surface area contributed by atoms with E-state index < -0.39 is 0 Å². The monoisotopic (exact) mass is 221 g/mol. The molecule has 3 heteroatoms. The molecule has 1 nitrogen and oxygen atoms in total. The Morgan fingerprint density at radius 3 is 1.62 bits per heavy atom. The first kappa shape index (κ1) is 13.5. The summed E-state index contributed by atoms with van der Waals surface area (Å²) >= 11 is 6.14. The standard InChI is InChI=1S/C10H24ClNSi/c1-6-12(7-2)10(13,8-11)9(3,4)5/h6-8H2,1-5,13H3. The topological polar surface area (TPSA) is 3.24 Å². The molecule has 0 aromatic heterocycles. The van der Waals surface area contributed by atoms with E-state index in [1.54, 1.807) is 0 Å². The zero-order valence-corrected chi connectivity index (χ0v) is 12.7. The van der Waals surface area contributed by atoms with E-state index in [4.69, 9.17) is 11.6 Å². The van der Waals surface area contributed by atoms with Crippen molar-refractivity contribution in [1.29, 1.82) is 0 Å². The maximum atomic E-state index is 6.14. The lowest BCUT2D eigenvalue weighted by atomic mass is 9.85. The molecule has 0 saturated carbocycles. The lowest BCUT2D eigenvalue weighted by molar-refractivity contribution is 0.0891. The van der Waals surface area contributed by atoms with Crippen LogP contribution in [-0.4, -0.2) is 39.3 Å². The molecule has 0 amide bonds. The van der Waals surface area contributed by atoms with Crippen LogP contribution in [0.4, 0.5) is 0 Å². The number of rotatable bonds is 4. The molecule has 0 aliphatic heterocycles. The molecule has 13 heavy (non-hydrogen) atoms. The predicted molar refractivity (Wildman–Crippen MR) is 65.8 cm³/mol. The molecule has 80 valence electrons. The van der Waals surface area contributed by atoms with Gasteiger partial charge in [0, 0.05) is 21.3 Å². The second-order valence-electron chi connectivity index (χ2n) is 4.83. The Hall–Kier alpha value is 0.467. The van der Waals surface area contributed by atoms with E-state index in [0.717, 1.165) is 29.2 Å². The highest BCUT2D eigenvalue weighted by Gasteiger charge is 2.40. The van der Waals surface area contributed by atoms with Crippen molar-refractivity contribution in [2.75, 3.05) is 19.0 Å². The fourth-order valence-corrected chi connectivity index (χ4v) is 2.88. The molecule has 0 radical (unpaired) electrons. The van der Waals surface area contributed by atoms with Gasteiger partial charge in [-0.25, -0.2) is 0 Å². The van der Waals surface area contributed by atoms with Crippen LogP contribution in [-0.2, 0) is 0 Å². The first-order valence-corrected chi connectivity index (χ1v) is 6.68. The Morgan fingerprint density at radius 1 is 1.15 bits per heavy atom. The maximum Gasteiger partial charge on any atom is 0.0375 e. The number of hydrogen-bond donors (Lipinski definition) is 0. The molecule has 0 aromatic rings. The minimum absolute atomic E-state index is 0.234. The summed E-state index contributed by atoms with van der Waals surface area (Å²) in [6.45, 7) is 13.5. The molecule has 0 spiro atoms. The van der Waals surface area contributed by atoms with Crippen molar-refractivity contribution in [2.24, 2.45) is 5.41 Å². The molecular formula is C10H24ClNSi. The van der Waals surface area contributed by atoms with Crippen LogP contribution >= 0.6 is 11.6 Å². The summed E-state index contributed by atoms with van der Waals surface area (Å²) < 4.78 is 0. The van der Waals surface area contributed by atoms with Gasteiger partial charge in [-0.15, -0.1) is 11.6 Å². The molecular weight excluding hydrogens is 198 g/mol. The molecule has 0 heterocycles.